The largest absolute Gasteiger partial charge is 0.501 e. The van der Waals surface area contributed by atoms with Crippen molar-refractivity contribution >= 4 is 0 Å². The van der Waals surface area contributed by atoms with Gasteiger partial charge in [0, 0.05) is 0 Å². The fourth-order valence-corrected chi connectivity index (χ4v) is 2.42. The molecule has 4 nitrogen and oxygen atoms in total. The van der Waals surface area contributed by atoms with Gasteiger partial charge in [-0.2, -0.15) is 0 Å². The van der Waals surface area contributed by atoms with Crippen molar-refractivity contribution in [1.29, 1.82) is 0 Å². The second kappa shape index (κ2) is 9.87. The van der Waals surface area contributed by atoms with Gasteiger partial charge in [0.2, 0.25) is 0 Å². The molecule has 0 amide bonds. The normalized spacial score (nSPS) is 14.4. The quantitative estimate of drug-likeness (QED) is 0.503. The topological polar surface area (TPSA) is 47.9 Å². The van der Waals surface area contributed by atoms with E-state index in [2.05, 4.69) is 19.7 Å². The number of hydrogen-bond donors (Lipinski definition) is 1. The first-order valence-corrected chi connectivity index (χ1v) is 7.46. The standard InChI is InChI=1S/C19H26O4/c1-6-11-23-18(7-2)19(14(3)21-4)17(20)13-15-9-8-10-16(12-15)22-5/h6-10,12,17-20H,1-3,11,13H2,4-5H3. The van der Waals surface area contributed by atoms with Crippen molar-refractivity contribution in [1.82, 2.24) is 0 Å². The van der Waals surface area contributed by atoms with Crippen molar-refractivity contribution in [3.8, 4) is 5.75 Å². The molecule has 0 aromatic heterocycles. The molecule has 0 aliphatic carbocycles. The van der Waals surface area contributed by atoms with Crippen LogP contribution in [0.3, 0.4) is 0 Å². The van der Waals surface area contributed by atoms with Gasteiger partial charge >= 0.3 is 0 Å². The molecular formula is C19H26O4. The summed E-state index contributed by atoms with van der Waals surface area (Å²) in [5, 5.41) is 10.7. The van der Waals surface area contributed by atoms with E-state index in [0.717, 1.165) is 11.3 Å². The summed E-state index contributed by atoms with van der Waals surface area (Å²) in [6.07, 6.45) is 2.57. The molecule has 0 aliphatic heterocycles. The molecule has 0 aliphatic rings. The molecule has 3 atom stereocenters. The Morgan fingerprint density at radius 1 is 1.30 bits per heavy atom. The van der Waals surface area contributed by atoms with E-state index in [9.17, 15) is 5.11 Å². The minimum atomic E-state index is -0.734. The van der Waals surface area contributed by atoms with Gasteiger partial charge < -0.3 is 19.3 Å². The first-order valence-electron chi connectivity index (χ1n) is 7.46. The van der Waals surface area contributed by atoms with Crippen molar-refractivity contribution in [2.45, 2.75) is 18.6 Å². The minimum absolute atomic E-state index is 0.357. The zero-order valence-corrected chi connectivity index (χ0v) is 13.9. The van der Waals surface area contributed by atoms with E-state index in [0.29, 0.717) is 18.8 Å². The van der Waals surface area contributed by atoms with Crippen LogP contribution in [0.15, 0.2) is 61.9 Å². The summed E-state index contributed by atoms with van der Waals surface area (Å²) in [5.41, 5.74) is 0.956. The van der Waals surface area contributed by atoms with Gasteiger partial charge in [0.15, 0.2) is 0 Å². The lowest BCUT2D eigenvalue weighted by atomic mass is 9.89. The third-order valence-electron chi connectivity index (χ3n) is 3.62. The molecule has 0 saturated carbocycles. The highest BCUT2D eigenvalue weighted by molar-refractivity contribution is 5.29. The Morgan fingerprint density at radius 2 is 2.04 bits per heavy atom. The fourth-order valence-electron chi connectivity index (χ4n) is 2.42. The molecule has 1 rings (SSSR count). The maximum atomic E-state index is 10.7. The van der Waals surface area contributed by atoms with Crippen LogP contribution in [0.25, 0.3) is 0 Å². The summed E-state index contributed by atoms with van der Waals surface area (Å²) in [7, 11) is 3.14. The number of aliphatic hydroxyl groups is 1. The van der Waals surface area contributed by atoms with Crippen molar-refractivity contribution in [3.05, 3.63) is 67.5 Å². The maximum absolute atomic E-state index is 10.7. The molecule has 0 spiro atoms. The van der Waals surface area contributed by atoms with E-state index >= 15 is 0 Å². The average molecular weight is 318 g/mol. The number of aliphatic hydroxyl groups excluding tert-OH is 1. The minimum Gasteiger partial charge on any atom is -0.501 e. The molecule has 4 heteroatoms. The summed E-state index contributed by atoms with van der Waals surface area (Å²) in [4.78, 5) is 0. The summed E-state index contributed by atoms with van der Waals surface area (Å²) in [6, 6.07) is 7.58. The van der Waals surface area contributed by atoms with E-state index in [-0.39, 0.29) is 0 Å². The number of hydrogen-bond acceptors (Lipinski definition) is 4. The summed E-state index contributed by atoms with van der Waals surface area (Å²) in [6.45, 7) is 11.7. The van der Waals surface area contributed by atoms with Crippen LogP contribution in [0.5, 0.6) is 5.75 Å². The highest BCUT2D eigenvalue weighted by atomic mass is 16.5. The molecule has 0 bridgehead atoms. The number of methoxy groups -OCH3 is 2. The summed E-state index contributed by atoms with van der Waals surface area (Å²) in [5.74, 6) is 0.776. The first kappa shape index (κ1) is 19.0. The van der Waals surface area contributed by atoms with E-state index < -0.39 is 18.1 Å². The predicted molar refractivity (Wildman–Crippen MR) is 92.5 cm³/mol. The van der Waals surface area contributed by atoms with Crippen LogP contribution >= 0.6 is 0 Å². The fraction of sp³-hybridized carbons (Fsp3) is 0.368. The lowest BCUT2D eigenvalue weighted by Gasteiger charge is -2.29. The monoisotopic (exact) mass is 318 g/mol. The molecule has 0 heterocycles. The molecule has 1 aromatic carbocycles. The molecule has 0 radical (unpaired) electrons. The first-order chi connectivity index (χ1) is 11.1. The highest BCUT2D eigenvalue weighted by Gasteiger charge is 2.31. The Kier molecular flexibility index (Phi) is 8.16. The van der Waals surface area contributed by atoms with Crippen LogP contribution in [0.1, 0.15) is 5.56 Å². The molecule has 3 unspecified atom stereocenters. The van der Waals surface area contributed by atoms with E-state index in [1.807, 2.05) is 24.3 Å². The van der Waals surface area contributed by atoms with Crippen LogP contribution < -0.4 is 4.74 Å². The third kappa shape index (κ3) is 5.58. The van der Waals surface area contributed by atoms with Crippen molar-refractivity contribution in [2.75, 3.05) is 20.8 Å². The highest BCUT2D eigenvalue weighted by Crippen LogP contribution is 2.26. The molecule has 126 valence electrons. The summed E-state index contributed by atoms with van der Waals surface area (Å²) >= 11 is 0. The van der Waals surface area contributed by atoms with Gasteiger partial charge in [0.25, 0.3) is 0 Å². The Hall–Kier alpha value is -2.04. The maximum Gasteiger partial charge on any atom is 0.119 e. The zero-order valence-electron chi connectivity index (χ0n) is 13.9. The van der Waals surface area contributed by atoms with Crippen LogP contribution in [0.2, 0.25) is 0 Å². The molecule has 1 N–H and O–H groups in total. The average Bonchev–Trinajstić information content (AvgIpc) is 2.57. The lowest BCUT2D eigenvalue weighted by molar-refractivity contribution is -0.00636. The van der Waals surface area contributed by atoms with Gasteiger partial charge in [-0.15, -0.1) is 13.2 Å². The van der Waals surface area contributed by atoms with Crippen LogP contribution in [0, 0.1) is 5.92 Å². The number of rotatable bonds is 11. The zero-order chi connectivity index (χ0) is 17.2. The number of ether oxygens (including phenoxy) is 3. The number of benzene rings is 1. The van der Waals surface area contributed by atoms with E-state index in [1.165, 1.54) is 7.11 Å². The van der Waals surface area contributed by atoms with Gasteiger partial charge in [-0.1, -0.05) is 30.9 Å². The molecule has 0 saturated heterocycles. The van der Waals surface area contributed by atoms with Gasteiger partial charge in [-0.3, -0.25) is 0 Å². The van der Waals surface area contributed by atoms with Crippen molar-refractivity contribution in [3.63, 3.8) is 0 Å². The van der Waals surface area contributed by atoms with Gasteiger partial charge in [-0.05, 0) is 24.1 Å². The van der Waals surface area contributed by atoms with Gasteiger partial charge in [-0.25, -0.2) is 0 Å². The van der Waals surface area contributed by atoms with Crippen LogP contribution in [0.4, 0.5) is 0 Å². The molecule has 23 heavy (non-hydrogen) atoms. The Labute approximate surface area is 138 Å². The Balaban J connectivity index is 2.93. The van der Waals surface area contributed by atoms with E-state index in [1.54, 1.807) is 19.3 Å². The Bertz CT molecular complexity index is 524. The van der Waals surface area contributed by atoms with Crippen LogP contribution in [-0.4, -0.2) is 38.1 Å². The van der Waals surface area contributed by atoms with Gasteiger partial charge in [0.05, 0.1) is 44.7 Å². The second-order valence-electron chi connectivity index (χ2n) is 5.14. The second-order valence-corrected chi connectivity index (χ2v) is 5.14. The smallest absolute Gasteiger partial charge is 0.119 e. The van der Waals surface area contributed by atoms with Gasteiger partial charge in [0.1, 0.15) is 5.75 Å². The predicted octanol–water partition coefficient (Wildman–Crippen LogP) is 3.13. The van der Waals surface area contributed by atoms with Crippen LogP contribution in [-0.2, 0) is 15.9 Å². The molecule has 0 fully saturated rings. The molecule has 1 aromatic rings. The van der Waals surface area contributed by atoms with Crippen molar-refractivity contribution in [2.24, 2.45) is 5.92 Å². The SMILES string of the molecule is C=CCOC(C=C)C(C(=C)OC)C(O)Cc1cccc(OC)c1. The lowest BCUT2D eigenvalue weighted by Crippen LogP contribution is -2.36. The third-order valence-corrected chi connectivity index (χ3v) is 3.62. The Morgan fingerprint density at radius 3 is 2.61 bits per heavy atom. The summed E-state index contributed by atoms with van der Waals surface area (Å²) < 4.78 is 16.1. The molecular weight excluding hydrogens is 292 g/mol. The van der Waals surface area contributed by atoms with E-state index in [4.69, 9.17) is 14.2 Å². The van der Waals surface area contributed by atoms with Crippen molar-refractivity contribution < 1.29 is 19.3 Å².